The van der Waals surface area contributed by atoms with Crippen molar-refractivity contribution in [1.29, 1.82) is 0 Å². The fourth-order valence-electron chi connectivity index (χ4n) is 4.05. The quantitative estimate of drug-likeness (QED) is 0.890. The van der Waals surface area contributed by atoms with E-state index in [9.17, 15) is 4.79 Å². The Morgan fingerprint density at radius 3 is 2.83 bits per heavy atom. The van der Waals surface area contributed by atoms with Gasteiger partial charge in [-0.25, -0.2) is 0 Å². The maximum Gasteiger partial charge on any atom is 0.253 e. The van der Waals surface area contributed by atoms with Gasteiger partial charge in [0.2, 0.25) is 0 Å². The molecule has 1 aromatic carbocycles. The molecule has 24 heavy (non-hydrogen) atoms. The molecule has 4 rings (SSSR count). The zero-order valence-corrected chi connectivity index (χ0v) is 14.0. The highest BCUT2D eigenvalue weighted by Gasteiger charge is 2.39. The summed E-state index contributed by atoms with van der Waals surface area (Å²) in [6.07, 6.45) is 6.41. The Bertz CT molecular complexity index is 721. The van der Waals surface area contributed by atoms with Gasteiger partial charge in [0.15, 0.2) is 0 Å². The molecule has 128 valence electrons. The summed E-state index contributed by atoms with van der Waals surface area (Å²) in [5.74, 6) is 0.143. The molecular weight excluding hydrogens is 302 g/mol. The first-order valence-electron chi connectivity index (χ1n) is 8.87. The Hall–Kier alpha value is -1.85. The number of likely N-dealkylation sites (tertiary alicyclic amines) is 1. The zero-order valence-electron chi connectivity index (χ0n) is 14.0. The summed E-state index contributed by atoms with van der Waals surface area (Å²) in [5.41, 5.74) is 7.80. The minimum atomic E-state index is 0.143. The molecule has 2 aliphatic rings. The number of carbonyl (C=O) groups excluding carboxylic acids is 1. The van der Waals surface area contributed by atoms with Crippen LogP contribution in [0.3, 0.4) is 0 Å². The summed E-state index contributed by atoms with van der Waals surface area (Å²) in [6.45, 7) is 3.05. The Morgan fingerprint density at radius 1 is 1.29 bits per heavy atom. The molecule has 5 nitrogen and oxygen atoms in total. The number of nitrogens with zero attached hydrogens (tertiary/aromatic N) is 1. The first kappa shape index (κ1) is 15.7. The number of hydrogen-bond acceptors (Lipinski definition) is 3. The van der Waals surface area contributed by atoms with E-state index in [1.807, 2.05) is 35.4 Å². The highest BCUT2D eigenvalue weighted by molar-refractivity contribution is 5.98. The molecule has 3 heterocycles. The van der Waals surface area contributed by atoms with Gasteiger partial charge in [0.1, 0.15) is 0 Å². The van der Waals surface area contributed by atoms with E-state index in [1.165, 1.54) is 6.42 Å². The van der Waals surface area contributed by atoms with Crippen molar-refractivity contribution in [3.05, 3.63) is 36.0 Å². The number of aromatic nitrogens is 1. The molecule has 1 unspecified atom stereocenters. The Labute approximate surface area is 142 Å². The molecule has 0 radical (unpaired) electrons. The van der Waals surface area contributed by atoms with Crippen LogP contribution in [0.2, 0.25) is 0 Å². The average molecular weight is 327 g/mol. The Morgan fingerprint density at radius 2 is 2.12 bits per heavy atom. The lowest BCUT2D eigenvalue weighted by Crippen LogP contribution is -2.48. The molecule has 1 aromatic heterocycles. The maximum absolute atomic E-state index is 12.8. The second-order valence-corrected chi connectivity index (χ2v) is 7.28. The molecular formula is C19H25N3O2. The van der Waals surface area contributed by atoms with Crippen molar-refractivity contribution in [1.82, 2.24) is 9.88 Å². The number of piperidine rings is 1. The van der Waals surface area contributed by atoms with Gasteiger partial charge >= 0.3 is 0 Å². The first-order chi connectivity index (χ1) is 11.7. The van der Waals surface area contributed by atoms with Crippen molar-refractivity contribution >= 4 is 16.8 Å². The monoisotopic (exact) mass is 327 g/mol. The molecule has 2 saturated heterocycles. The van der Waals surface area contributed by atoms with E-state index in [0.717, 1.165) is 55.4 Å². The molecule has 0 aliphatic carbocycles. The minimum Gasteiger partial charge on any atom is -0.376 e. The third kappa shape index (κ3) is 2.82. The van der Waals surface area contributed by atoms with Gasteiger partial charge in [-0.1, -0.05) is 0 Å². The van der Waals surface area contributed by atoms with E-state index in [1.54, 1.807) is 0 Å². The first-order valence-corrected chi connectivity index (χ1v) is 8.87. The average Bonchev–Trinajstić information content (AvgIpc) is 3.10. The van der Waals surface area contributed by atoms with Crippen molar-refractivity contribution in [3.8, 4) is 0 Å². The van der Waals surface area contributed by atoms with Gasteiger partial charge in [-0.05, 0) is 55.4 Å². The second-order valence-electron chi connectivity index (χ2n) is 7.28. The van der Waals surface area contributed by atoms with Crippen molar-refractivity contribution < 1.29 is 9.53 Å². The van der Waals surface area contributed by atoms with Gasteiger partial charge in [-0.2, -0.15) is 0 Å². The zero-order chi connectivity index (χ0) is 16.6. The standard InChI is InChI=1S/C19H25N3O2/c20-12-16-3-5-19(13-24-16)6-9-22(10-7-19)18(23)15-1-2-17-14(11-15)4-8-21-17/h1-2,4,8,11,16,21H,3,5-7,9-10,12-13,20H2. The number of H-pyrrole nitrogens is 1. The molecule has 1 spiro atoms. The lowest BCUT2D eigenvalue weighted by Gasteiger charge is -2.45. The highest BCUT2D eigenvalue weighted by Crippen LogP contribution is 2.40. The number of fused-ring (bicyclic) bond motifs is 1. The van der Waals surface area contributed by atoms with E-state index < -0.39 is 0 Å². The predicted octanol–water partition coefficient (Wildman–Crippen LogP) is 2.53. The summed E-state index contributed by atoms with van der Waals surface area (Å²) in [7, 11) is 0. The van der Waals surface area contributed by atoms with Crippen LogP contribution in [0.5, 0.6) is 0 Å². The molecule has 2 aliphatic heterocycles. The van der Waals surface area contributed by atoms with Crippen LogP contribution in [0.25, 0.3) is 10.9 Å². The smallest absolute Gasteiger partial charge is 0.253 e. The fourth-order valence-corrected chi connectivity index (χ4v) is 4.05. The minimum absolute atomic E-state index is 0.143. The van der Waals surface area contributed by atoms with Crippen LogP contribution in [-0.4, -0.2) is 48.1 Å². The van der Waals surface area contributed by atoms with E-state index >= 15 is 0 Å². The number of rotatable bonds is 2. The van der Waals surface area contributed by atoms with Crippen LogP contribution in [0.1, 0.15) is 36.0 Å². The molecule has 2 fully saturated rings. The molecule has 3 N–H and O–H groups in total. The van der Waals surface area contributed by atoms with Gasteiger partial charge in [0, 0.05) is 42.3 Å². The normalized spacial score (nSPS) is 23.7. The van der Waals surface area contributed by atoms with Crippen molar-refractivity contribution in [2.24, 2.45) is 11.1 Å². The van der Waals surface area contributed by atoms with E-state index in [2.05, 4.69) is 4.98 Å². The third-order valence-electron chi connectivity index (χ3n) is 5.80. The number of hydrogen-bond donors (Lipinski definition) is 2. The molecule has 2 aromatic rings. The number of nitrogens with two attached hydrogens (primary N) is 1. The van der Waals surface area contributed by atoms with Crippen molar-refractivity contribution in [2.45, 2.75) is 31.8 Å². The van der Waals surface area contributed by atoms with Crippen molar-refractivity contribution in [2.75, 3.05) is 26.2 Å². The van der Waals surface area contributed by atoms with Crippen molar-refractivity contribution in [3.63, 3.8) is 0 Å². The number of ether oxygens (including phenoxy) is 1. The van der Waals surface area contributed by atoms with Gasteiger partial charge in [0.25, 0.3) is 5.91 Å². The fraction of sp³-hybridized carbons (Fsp3) is 0.526. The summed E-state index contributed by atoms with van der Waals surface area (Å²) in [6, 6.07) is 7.88. The van der Waals surface area contributed by atoms with Crippen LogP contribution < -0.4 is 5.73 Å². The maximum atomic E-state index is 12.8. The van der Waals surface area contributed by atoms with E-state index in [-0.39, 0.29) is 17.4 Å². The number of aromatic amines is 1. The second kappa shape index (κ2) is 6.22. The molecule has 1 amide bonds. The summed E-state index contributed by atoms with van der Waals surface area (Å²) in [4.78, 5) is 18.0. The number of amides is 1. The highest BCUT2D eigenvalue weighted by atomic mass is 16.5. The topological polar surface area (TPSA) is 71.3 Å². The third-order valence-corrected chi connectivity index (χ3v) is 5.80. The van der Waals surface area contributed by atoms with Crippen LogP contribution in [-0.2, 0) is 4.74 Å². The van der Waals surface area contributed by atoms with Crippen LogP contribution in [0, 0.1) is 5.41 Å². The molecule has 1 atom stereocenters. The summed E-state index contributed by atoms with van der Waals surface area (Å²) >= 11 is 0. The SMILES string of the molecule is NCC1CCC2(CCN(C(=O)c3ccc4[nH]ccc4c3)CC2)CO1. The summed E-state index contributed by atoms with van der Waals surface area (Å²) in [5, 5.41) is 1.09. The molecule has 0 saturated carbocycles. The van der Waals surface area contributed by atoms with Gasteiger partial charge in [-0.15, -0.1) is 0 Å². The van der Waals surface area contributed by atoms with Gasteiger partial charge < -0.3 is 20.4 Å². The largest absolute Gasteiger partial charge is 0.376 e. The molecule has 0 bridgehead atoms. The lowest BCUT2D eigenvalue weighted by molar-refractivity contribution is -0.0790. The Balaban J connectivity index is 1.41. The number of carbonyl (C=O) groups is 1. The van der Waals surface area contributed by atoms with Gasteiger partial charge in [-0.3, -0.25) is 4.79 Å². The lowest BCUT2D eigenvalue weighted by atomic mass is 9.73. The predicted molar refractivity (Wildman–Crippen MR) is 93.9 cm³/mol. The van der Waals surface area contributed by atoms with E-state index in [4.69, 9.17) is 10.5 Å². The van der Waals surface area contributed by atoms with Gasteiger partial charge in [0.05, 0.1) is 12.7 Å². The Kier molecular flexibility index (Phi) is 4.06. The van der Waals surface area contributed by atoms with Crippen LogP contribution >= 0.6 is 0 Å². The molecule has 5 heteroatoms. The van der Waals surface area contributed by atoms with Crippen LogP contribution in [0.15, 0.2) is 30.5 Å². The van der Waals surface area contributed by atoms with Crippen LogP contribution in [0.4, 0.5) is 0 Å². The summed E-state index contributed by atoms with van der Waals surface area (Å²) < 4.78 is 5.91. The number of benzene rings is 1. The van der Waals surface area contributed by atoms with E-state index in [0.29, 0.717) is 6.54 Å². The number of nitrogens with one attached hydrogen (secondary N) is 1.